The molecule has 1 saturated heterocycles. The lowest BCUT2D eigenvalue weighted by Crippen LogP contribution is -2.52. The van der Waals surface area contributed by atoms with Crippen LogP contribution in [0.15, 0.2) is 6.07 Å². The van der Waals surface area contributed by atoms with Gasteiger partial charge in [0.15, 0.2) is 0 Å². The number of hydrogen-bond donors (Lipinski definition) is 2. The Morgan fingerprint density at radius 3 is 2.75 bits per heavy atom. The van der Waals surface area contributed by atoms with Crippen LogP contribution in [0.4, 0.5) is 0 Å². The fraction of sp³-hybridized carbons (Fsp3) is 0.538. The molecule has 0 radical (unpaired) electrons. The number of imide groups is 1. The molecule has 0 aliphatic carbocycles. The van der Waals surface area contributed by atoms with Gasteiger partial charge in [-0.3, -0.25) is 24.4 Å². The van der Waals surface area contributed by atoms with E-state index in [9.17, 15) is 14.4 Å². The molecule has 1 unspecified atom stereocenters. The van der Waals surface area contributed by atoms with E-state index in [1.54, 1.807) is 17.8 Å². The first-order chi connectivity index (χ1) is 9.38. The van der Waals surface area contributed by atoms with E-state index in [-0.39, 0.29) is 23.9 Å². The molecule has 0 spiro atoms. The van der Waals surface area contributed by atoms with Crippen LogP contribution in [0.1, 0.15) is 48.8 Å². The third kappa shape index (κ3) is 2.87. The van der Waals surface area contributed by atoms with Gasteiger partial charge in [-0.05, 0) is 18.4 Å². The maximum atomic E-state index is 12.1. The zero-order valence-electron chi connectivity index (χ0n) is 11.8. The molecule has 2 N–H and O–H groups in total. The number of hydrogen-bond acceptors (Lipinski definition) is 4. The summed E-state index contributed by atoms with van der Waals surface area (Å²) in [6.45, 7) is 4.03. The Kier molecular flexibility index (Phi) is 3.87. The molecule has 2 heterocycles. The molecular weight excluding hydrogens is 260 g/mol. The topological polar surface area (TPSA) is 93.1 Å². The molecular formula is C13H18N4O3. The van der Waals surface area contributed by atoms with E-state index >= 15 is 0 Å². The Bertz CT molecular complexity index is 562. The summed E-state index contributed by atoms with van der Waals surface area (Å²) in [6, 6.07) is 1.04. The van der Waals surface area contributed by atoms with E-state index in [0.717, 1.165) is 5.69 Å². The van der Waals surface area contributed by atoms with Gasteiger partial charge in [-0.2, -0.15) is 5.10 Å². The summed E-state index contributed by atoms with van der Waals surface area (Å²) < 4.78 is 1.66. The van der Waals surface area contributed by atoms with Gasteiger partial charge >= 0.3 is 0 Å². The zero-order chi connectivity index (χ0) is 14.9. The van der Waals surface area contributed by atoms with E-state index in [0.29, 0.717) is 6.42 Å². The van der Waals surface area contributed by atoms with Crippen molar-refractivity contribution in [3.8, 4) is 0 Å². The van der Waals surface area contributed by atoms with Crippen LogP contribution in [0.2, 0.25) is 0 Å². The molecule has 108 valence electrons. The predicted octanol–water partition coefficient (Wildman–Crippen LogP) is 0.0785. The highest BCUT2D eigenvalue weighted by Crippen LogP contribution is 2.15. The minimum atomic E-state index is -0.676. The lowest BCUT2D eigenvalue weighted by molar-refractivity contribution is -0.134. The largest absolute Gasteiger partial charge is 0.339 e. The van der Waals surface area contributed by atoms with Crippen LogP contribution in [0, 0.1) is 0 Å². The maximum Gasteiger partial charge on any atom is 0.272 e. The molecule has 1 aromatic rings. The first kappa shape index (κ1) is 14.2. The number of aryl methyl sites for hydroxylation is 1. The highest BCUT2D eigenvalue weighted by molar-refractivity contribution is 6.03. The first-order valence-corrected chi connectivity index (χ1v) is 6.57. The van der Waals surface area contributed by atoms with Crippen LogP contribution < -0.4 is 10.6 Å². The minimum absolute atomic E-state index is 0.232. The quantitative estimate of drug-likeness (QED) is 0.766. The van der Waals surface area contributed by atoms with Gasteiger partial charge in [-0.1, -0.05) is 13.8 Å². The second kappa shape index (κ2) is 5.44. The zero-order valence-corrected chi connectivity index (χ0v) is 11.8. The van der Waals surface area contributed by atoms with Crippen molar-refractivity contribution in [2.45, 2.75) is 38.6 Å². The van der Waals surface area contributed by atoms with E-state index < -0.39 is 17.9 Å². The SMILES string of the molecule is CC(C)c1cc(C(=O)NC2CCC(=O)NC2=O)nn1C. The summed E-state index contributed by atoms with van der Waals surface area (Å²) in [6.07, 6.45) is 0.552. The third-order valence-corrected chi connectivity index (χ3v) is 3.28. The van der Waals surface area contributed by atoms with Gasteiger partial charge < -0.3 is 5.32 Å². The number of carbonyl (C=O) groups is 3. The molecule has 0 bridgehead atoms. The second-order valence-corrected chi connectivity index (χ2v) is 5.21. The molecule has 1 fully saturated rings. The van der Waals surface area contributed by atoms with Gasteiger partial charge in [-0.15, -0.1) is 0 Å². The van der Waals surface area contributed by atoms with E-state index in [1.807, 2.05) is 13.8 Å². The van der Waals surface area contributed by atoms with Crippen molar-refractivity contribution in [3.63, 3.8) is 0 Å². The highest BCUT2D eigenvalue weighted by atomic mass is 16.2. The van der Waals surface area contributed by atoms with E-state index in [4.69, 9.17) is 0 Å². The van der Waals surface area contributed by atoms with Crippen molar-refractivity contribution in [1.82, 2.24) is 20.4 Å². The van der Waals surface area contributed by atoms with E-state index in [2.05, 4.69) is 15.7 Å². The lowest BCUT2D eigenvalue weighted by atomic mass is 10.1. The van der Waals surface area contributed by atoms with Crippen LogP contribution in [0.5, 0.6) is 0 Å². The summed E-state index contributed by atoms with van der Waals surface area (Å²) >= 11 is 0. The molecule has 1 atom stereocenters. The molecule has 20 heavy (non-hydrogen) atoms. The van der Waals surface area contributed by atoms with Crippen LogP contribution in [-0.2, 0) is 16.6 Å². The van der Waals surface area contributed by atoms with E-state index in [1.165, 1.54) is 0 Å². The van der Waals surface area contributed by atoms with Gasteiger partial charge in [0, 0.05) is 19.2 Å². The standard InChI is InChI=1S/C13H18N4O3/c1-7(2)10-6-9(16-17(10)3)13(20)14-8-4-5-11(18)15-12(8)19/h6-8H,4-5H2,1-3H3,(H,14,20)(H,15,18,19). The normalized spacial score (nSPS) is 19.1. The predicted molar refractivity (Wildman–Crippen MR) is 70.9 cm³/mol. The summed E-state index contributed by atoms with van der Waals surface area (Å²) in [5, 5.41) is 8.95. The molecule has 2 rings (SSSR count). The Labute approximate surface area is 116 Å². The fourth-order valence-electron chi connectivity index (χ4n) is 2.20. The summed E-state index contributed by atoms with van der Waals surface area (Å²) in [5.41, 5.74) is 1.22. The van der Waals surface area contributed by atoms with Crippen molar-refractivity contribution < 1.29 is 14.4 Å². The van der Waals surface area contributed by atoms with Crippen molar-refractivity contribution >= 4 is 17.7 Å². The highest BCUT2D eigenvalue weighted by Gasteiger charge is 2.28. The average Bonchev–Trinajstić information content (AvgIpc) is 2.75. The Morgan fingerprint density at radius 2 is 2.20 bits per heavy atom. The molecule has 1 aromatic heterocycles. The maximum absolute atomic E-state index is 12.1. The van der Waals surface area contributed by atoms with Crippen LogP contribution in [0.3, 0.4) is 0 Å². The van der Waals surface area contributed by atoms with Gasteiger partial charge in [0.1, 0.15) is 11.7 Å². The monoisotopic (exact) mass is 278 g/mol. The van der Waals surface area contributed by atoms with Crippen molar-refractivity contribution in [2.24, 2.45) is 7.05 Å². The Hall–Kier alpha value is -2.18. The molecule has 0 aromatic carbocycles. The summed E-state index contributed by atoms with van der Waals surface area (Å²) in [7, 11) is 1.78. The van der Waals surface area contributed by atoms with Gasteiger partial charge in [0.2, 0.25) is 11.8 Å². The van der Waals surface area contributed by atoms with Crippen LogP contribution in [0.25, 0.3) is 0 Å². The molecule has 1 aliphatic rings. The van der Waals surface area contributed by atoms with Crippen molar-refractivity contribution in [1.29, 1.82) is 0 Å². The molecule has 1 aliphatic heterocycles. The fourth-order valence-corrected chi connectivity index (χ4v) is 2.20. The first-order valence-electron chi connectivity index (χ1n) is 6.57. The average molecular weight is 278 g/mol. The Morgan fingerprint density at radius 1 is 1.50 bits per heavy atom. The minimum Gasteiger partial charge on any atom is -0.339 e. The molecule has 7 heteroatoms. The smallest absolute Gasteiger partial charge is 0.272 e. The number of carbonyl (C=O) groups excluding carboxylic acids is 3. The van der Waals surface area contributed by atoms with Gasteiger partial charge in [-0.25, -0.2) is 0 Å². The summed E-state index contributed by atoms with van der Waals surface area (Å²) in [5.74, 6) is -0.915. The van der Waals surface area contributed by atoms with Crippen LogP contribution in [-0.4, -0.2) is 33.5 Å². The molecule has 7 nitrogen and oxygen atoms in total. The lowest BCUT2D eigenvalue weighted by Gasteiger charge is -2.21. The van der Waals surface area contributed by atoms with Crippen molar-refractivity contribution in [3.05, 3.63) is 17.5 Å². The van der Waals surface area contributed by atoms with Crippen LogP contribution >= 0.6 is 0 Å². The number of amides is 3. The van der Waals surface area contributed by atoms with Gasteiger partial charge in [0.05, 0.1) is 0 Å². The number of piperidine rings is 1. The Balaban J connectivity index is 2.07. The second-order valence-electron chi connectivity index (χ2n) is 5.21. The summed E-state index contributed by atoms with van der Waals surface area (Å²) in [4.78, 5) is 34.7. The van der Waals surface area contributed by atoms with Crippen molar-refractivity contribution in [2.75, 3.05) is 0 Å². The molecule has 3 amide bonds. The molecule has 0 saturated carbocycles. The van der Waals surface area contributed by atoms with Gasteiger partial charge in [0.25, 0.3) is 5.91 Å². The number of rotatable bonds is 3. The number of aromatic nitrogens is 2. The number of nitrogens with zero attached hydrogens (tertiary/aromatic N) is 2. The third-order valence-electron chi connectivity index (χ3n) is 3.28. The number of nitrogens with one attached hydrogen (secondary N) is 2.